The average Bonchev–Trinajstić information content (AvgIpc) is 1.87. The molecule has 0 radical (unpaired) electrons. The van der Waals surface area contributed by atoms with Gasteiger partial charge in [0, 0.05) is 12.4 Å². The Morgan fingerprint density at radius 1 is 1.44 bits per heavy atom. The standard InChI is InChI=1S/C5H10Cl3N/c1-9(3-2-6)5(8)4-7/h5H,2-4H2,1H3. The maximum absolute atomic E-state index is 5.73. The number of nitrogens with zero attached hydrogens (tertiary/aromatic N) is 1. The lowest BCUT2D eigenvalue weighted by Crippen LogP contribution is -2.29. The first kappa shape index (κ1) is 9.83. The summed E-state index contributed by atoms with van der Waals surface area (Å²) in [6.07, 6.45) is 0. The Bertz CT molecular complexity index is 69.2. The lowest BCUT2D eigenvalue weighted by Gasteiger charge is -2.18. The summed E-state index contributed by atoms with van der Waals surface area (Å²) < 4.78 is 0. The van der Waals surface area contributed by atoms with Crippen molar-refractivity contribution in [3.8, 4) is 0 Å². The van der Waals surface area contributed by atoms with Crippen molar-refractivity contribution in [2.45, 2.75) is 5.50 Å². The Morgan fingerprint density at radius 2 is 2.00 bits per heavy atom. The molecular formula is C5H10Cl3N. The third kappa shape index (κ3) is 4.26. The first-order valence-electron chi connectivity index (χ1n) is 2.68. The summed E-state index contributed by atoms with van der Waals surface area (Å²) in [4.78, 5) is 1.90. The van der Waals surface area contributed by atoms with Crippen LogP contribution in [0.4, 0.5) is 0 Å². The van der Waals surface area contributed by atoms with Crippen LogP contribution in [0.2, 0.25) is 0 Å². The third-order valence-corrected chi connectivity index (χ3v) is 2.15. The predicted molar refractivity (Wildman–Crippen MR) is 43.7 cm³/mol. The highest BCUT2D eigenvalue weighted by Crippen LogP contribution is 2.03. The van der Waals surface area contributed by atoms with E-state index in [1.54, 1.807) is 0 Å². The van der Waals surface area contributed by atoms with Gasteiger partial charge in [0.1, 0.15) is 0 Å². The van der Waals surface area contributed by atoms with E-state index >= 15 is 0 Å². The molecule has 0 N–H and O–H groups in total. The Morgan fingerprint density at radius 3 is 2.33 bits per heavy atom. The van der Waals surface area contributed by atoms with Gasteiger partial charge >= 0.3 is 0 Å². The molecule has 56 valence electrons. The minimum atomic E-state index is -0.0922. The molecular weight excluding hydrogens is 180 g/mol. The van der Waals surface area contributed by atoms with Crippen LogP contribution >= 0.6 is 34.8 Å². The minimum absolute atomic E-state index is 0.0922. The van der Waals surface area contributed by atoms with E-state index in [0.717, 1.165) is 6.54 Å². The van der Waals surface area contributed by atoms with E-state index in [0.29, 0.717) is 11.8 Å². The van der Waals surface area contributed by atoms with Crippen LogP contribution in [-0.2, 0) is 0 Å². The summed E-state index contributed by atoms with van der Waals surface area (Å²) >= 11 is 16.6. The zero-order chi connectivity index (χ0) is 7.28. The zero-order valence-electron chi connectivity index (χ0n) is 5.28. The van der Waals surface area contributed by atoms with Gasteiger partial charge in [-0.1, -0.05) is 0 Å². The number of hydrogen-bond donors (Lipinski definition) is 0. The van der Waals surface area contributed by atoms with Gasteiger partial charge in [0.25, 0.3) is 0 Å². The van der Waals surface area contributed by atoms with E-state index in [-0.39, 0.29) is 5.50 Å². The molecule has 0 fully saturated rings. The van der Waals surface area contributed by atoms with Crippen molar-refractivity contribution in [3.05, 3.63) is 0 Å². The zero-order valence-corrected chi connectivity index (χ0v) is 7.55. The van der Waals surface area contributed by atoms with Crippen molar-refractivity contribution in [1.82, 2.24) is 4.90 Å². The number of rotatable bonds is 4. The molecule has 0 aliphatic carbocycles. The van der Waals surface area contributed by atoms with E-state index < -0.39 is 0 Å². The number of halogens is 3. The van der Waals surface area contributed by atoms with E-state index in [4.69, 9.17) is 34.8 Å². The monoisotopic (exact) mass is 189 g/mol. The Balaban J connectivity index is 3.32. The van der Waals surface area contributed by atoms with Gasteiger partial charge in [-0.25, -0.2) is 0 Å². The molecule has 0 saturated heterocycles. The Hall–Kier alpha value is 0.830. The predicted octanol–water partition coefficient (Wildman–Crippen LogP) is 1.96. The van der Waals surface area contributed by atoms with Crippen molar-refractivity contribution >= 4 is 34.8 Å². The van der Waals surface area contributed by atoms with Crippen LogP contribution in [-0.4, -0.2) is 35.8 Å². The largest absolute Gasteiger partial charge is 0.288 e. The molecule has 0 saturated carbocycles. The second kappa shape index (κ2) is 5.60. The minimum Gasteiger partial charge on any atom is -0.288 e. The molecule has 0 rings (SSSR count). The molecule has 1 atom stereocenters. The van der Waals surface area contributed by atoms with Crippen LogP contribution in [0.3, 0.4) is 0 Å². The van der Waals surface area contributed by atoms with Crippen molar-refractivity contribution in [3.63, 3.8) is 0 Å². The molecule has 1 nitrogen and oxygen atoms in total. The van der Waals surface area contributed by atoms with Crippen LogP contribution in [0, 0.1) is 0 Å². The summed E-state index contributed by atoms with van der Waals surface area (Å²) in [5, 5.41) is 0. The van der Waals surface area contributed by atoms with Gasteiger partial charge in [-0.2, -0.15) is 0 Å². The van der Waals surface area contributed by atoms with Gasteiger partial charge in [0.05, 0.1) is 11.4 Å². The molecule has 0 aromatic carbocycles. The lowest BCUT2D eigenvalue weighted by molar-refractivity contribution is 0.345. The SMILES string of the molecule is CN(CCCl)C(Cl)CCl. The number of alkyl halides is 3. The van der Waals surface area contributed by atoms with Gasteiger partial charge in [0.15, 0.2) is 0 Å². The molecule has 0 amide bonds. The molecule has 0 heterocycles. The topological polar surface area (TPSA) is 3.24 Å². The second-order valence-electron chi connectivity index (χ2n) is 1.76. The first-order chi connectivity index (χ1) is 4.22. The maximum Gasteiger partial charge on any atom is 0.0985 e. The van der Waals surface area contributed by atoms with Crippen LogP contribution in [0.1, 0.15) is 0 Å². The van der Waals surface area contributed by atoms with Gasteiger partial charge in [0.2, 0.25) is 0 Å². The molecule has 0 aliphatic rings. The van der Waals surface area contributed by atoms with Crippen molar-refractivity contribution < 1.29 is 0 Å². The van der Waals surface area contributed by atoms with Crippen LogP contribution in [0.5, 0.6) is 0 Å². The highest BCUT2D eigenvalue weighted by molar-refractivity contribution is 6.27. The van der Waals surface area contributed by atoms with Gasteiger partial charge in [-0.3, -0.25) is 4.90 Å². The highest BCUT2D eigenvalue weighted by Gasteiger charge is 2.07. The van der Waals surface area contributed by atoms with Crippen molar-refractivity contribution in [2.24, 2.45) is 0 Å². The van der Waals surface area contributed by atoms with Crippen molar-refractivity contribution in [2.75, 3.05) is 25.4 Å². The van der Waals surface area contributed by atoms with Crippen LogP contribution in [0.25, 0.3) is 0 Å². The molecule has 1 unspecified atom stereocenters. The fraction of sp³-hybridized carbons (Fsp3) is 1.00. The van der Waals surface area contributed by atoms with E-state index in [1.807, 2.05) is 11.9 Å². The Kier molecular flexibility index (Phi) is 6.12. The van der Waals surface area contributed by atoms with E-state index in [1.165, 1.54) is 0 Å². The number of hydrogen-bond acceptors (Lipinski definition) is 1. The highest BCUT2D eigenvalue weighted by atomic mass is 35.5. The summed E-state index contributed by atoms with van der Waals surface area (Å²) in [5.41, 5.74) is -0.0922. The molecule has 0 aromatic rings. The van der Waals surface area contributed by atoms with E-state index in [9.17, 15) is 0 Å². The molecule has 9 heavy (non-hydrogen) atoms. The third-order valence-electron chi connectivity index (χ3n) is 1.04. The summed E-state index contributed by atoms with van der Waals surface area (Å²) in [6.45, 7) is 0.780. The van der Waals surface area contributed by atoms with Crippen molar-refractivity contribution in [1.29, 1.82) is 0 Å². The fourth-order valence-electron chi connectivity index (χ4n) is 0.391. The summed E-state index contributed by atoms with van der Waals surface area (Å²) in [5.74, 6) is 1.03. The second-order valence-corrected chi connectivity index (χ2v) is 2.95. The van der Waals surface area contributed by atoms with Gasteiger partial charge < -0.3 is 0 Å². The van der Waals surface area contributed by atoms with E-state index in [2.05, 4.69) is 0 Å². The molecule has 0 spiro atoms. The normalized spacial score (nSPS) is 14.3. The molecule has 0 bridgehead atoms. The Labute approximate surface area is 70.9 Å². The molecule has 0 aliphatic heterocycles. The fourth-order valence-corrected chi connectivity index (χ4v) is 0.991. The quantitative estimate of drug-likeness (QED) is 0.484. The smallest absolute Gasteiger partial charge is 0.0985 e. The summed E-state index contributed by atoms with van der Waals surface area (Å²) in [7, 11) is 1.89. The van der Waals surface area contributed by atoms with Crippen LogP contribution in [0.15, 0.2) is 0 Å². The van der Waals surface area contributed by atoms with Crippen LogP contribution < -0.4 is 0 Å². The average molecular weight is 191 g/mol. The molecule has 4 heteroatoms. The first-order valence-corrected chi connectivity index (χ1v) is 4.19. The summed E-state index contributed by atoms with van der Waals surface area (Å²) in [6, 6.07) is 0. The molecule has 0 aromatic heterocycles. The maximum atomic E-state index is 5.73. The lowest BCUT2D eigenvalue weighted by atomic mass is 10.6. The van der Waals surface area contributed by atoms with Gasteiger partial charge in [-0.15, -0.1) is 34.8 Å². The van der Waals surface area contributed by atoms with Gasteiger partial charge in [-0.05, 0) is 7.05 Å².